The SMILES string of the molecule is CCCNC(=O)/C(C#N)=C\c1ccccc1Cl. The van der Waals surface area contributed by atoms with Crippen LogP contribution in [0.15, 0.2) is 29.8 Å². The highest BCUT2D eigenvalue weighted by Crippen LogP contribution is 2.17. The number of hydrogen-bond acceptors (Lipinski definition) is 2. The van der Waals surface area contributed by atoms with Crippen molar-refractivity contribution >= 4 is 23.6 Å². The molecule has 17 heavy (non-hydrogen) atoms. The summed E-state index contributed by atoms with van der Waals surface area (Å²) < 4.78 is 0. The molecule has 0 heterocycles. The van der Waals surface area contributed by atoms with Crippen LogP contribution in [-0.4, -0.2) is 12.5 Å². The van der Waals surface area contributed by atoms with E-state index in [0.29, 0.717) is 17.1 Å². The number of carbonyl (C=O) groups is 1. The molecule has 0 saturated carbocycles. The van der Waals surface area contributed by atoms with Crippen molar-refractivity contribution in [3.05, 3.63) is 40.4 Å². The van der Waals surface area contributed by atoms with Gasteiger partial charge in [-0.15, -0.1) is 0 Å². The molecule has 4 heteroatoms. The van der Waals surface area contributed by atoms with E-state index in [1.807, 2.05) is 13.0 Å². The Morgan fingerprint density at radius 3 is 2.82 bits per heavy atom. The fourth-order valence-electron chi connectivity index (χ4n) is 1.23. The molecule has 1 aromatic rings. The van der Waals surface area contributed by atoms with E-state index < -0.39 is 0 Å². The highest BCUT2D eigenvalue weighted by Gasteiger charge is 2.08. The van der Waals surface area contributed by atoms with Gasteiger partial charge in [0.05, 0.1) is 0 Å². The molecule has 0 aliphatic carbocycles. The third kappa shape index (κ3) is 3.93. The summed E-state index contributed by atoms with van der Waals surface area (Å²) in [5, 5.41) is 12.1. The zero-order chi connectivity index (χ0) is 12.7. The Kier molecular flexibility index (Phi) is 5.25. The number of halogens is 1. The molecule has 0 aliphatic rings. The summed E-state index contributed by atoms with van der Waals surface area (Å²) in [4.78, 5) is 11.6. The van der Waals surface area contributed by atoms with Gasteiger partial charge in [-0.1, -0.05) is 36.7 Å². The molecule has 1 aromatic carbocycles. The Bertz CT molecular complexity index is 475. The third-order valence-electron chi connectivity index (χ3n) is 2.11. The van der Waals surface area contributed by atoms with Crippen LogP contribution in [0.5, 0.6) is 0 Å². The number of benzene rings is 1. The van der Waals surface area contributed by atoms with Gasteiger partial charge in [0.1, 0.15) is 11.6 Å². The first kappa shape index (κ1) is 13.3. The first-order valence-corrected chi connectivity index (χ1v) is 5.71. The summed E-state index contributed by atoms with van der Waals surface area (Å²) in [6, 6.07) is 8.94. The number of hydrogen-bond donors (Lipinski definition) is 1. The number of amides is 1. The van der Waals surface area contributed by atoms with Gasteiger partial charge in [0.2, 0.25) is 0 Å². The Morgan fingerprint density at radius 1 is 1.53 bits per heavy atom. The largest absolute Gasteiger partial charge is 0.351 e. The molecule has 0 radical (unpaired) electrons. The van der Waals surface area contributed by atoms with Crippen molar-refractivity contribution in [1.29, 1.82) is 5.26 Å². The molecular formula is C13H13ClN2O. The first-order valence-electron chi connectivity index (χ1n) is 5.33. The number of nitriles is 1. The van der Waals surface area contributed by atoms with Crippen LogP contribution >= 0.6 is 11.6 Å². The Morgan fingerprint density at radius 2 is 2.24 bits per heavy atom. The standard InChI is InChI=1S/C13H13ClN2O/c1-2-7-16-13(17)11(9-15)8-10-5-3-4-6-12(10)14/h3-6,8H,2,7H2,1H3,(H,16,17)/b11-8-. The van der Waals surface area contributed by atoms with Gasteiger partial charge in [0, 0.05) is 11.6 Å². The minimum atomic E-state index is -0.366. The fraction of sp³-hybridized carbons (Fsp3) is 0.231. The van der Waals surface area contributed by atoms with Gasteiger partial charge in [0.25, 0.3) is 5.91 Å². The van der Waals surface area contributed by atoms with E-state index in [9.17, 15) is 4.79 Å². The molecule has 0 unspecified atom stereocenters. The molecule has 88 valence electrons. The summed E-state index contributed by atoms with van der Waals surface area (Å²) in [7, 11) is 0. The Labute approximate surface area is 106 Å². The minimum absolute atomic E-state index is 0.0616. The van der Waals surface area contributed by atoms with Crippen LogP contribution in [0.3, 0.4) is 0 Å². The first-order chi connectivity index (χ1) is 8.19. The second-order valence-corrected chi connectivity index (χ2v) is 3.85. The molecule has 1 amide bonds. The topological polar surface area (TPSA) is 52.9 Å². The molecule has 3 nitrogen and oxygen atoms in total. The van der Waals surface area contributed by atoms with Gasteiger partial charge in [-0.2, -0.15) is 5.26 Å². The summed E-state index contributed by atoms with van der Waals surface area (Å²) in [6.45, 7) is 2.50. The van der Waals surface area contributed by atoms with Crippen molar-refractivity contribution in [3.8, 4) is 6.07 Å². The van der Waals surface area contributed by atoms with E-state index in [4.69, 9.17) is 16.9 Å². The predicted octanol–water partition coefficient (Wildman–Crippen LogP) is 2.77. The highest BCUT2D eigenvalue weighted by atomic mass is 35.5. The monoisotopic (exact) mass is 248 g/mol. The predicted molar refractivity (Wildman–Crippen MR) is 68.3 cm³/mol. The molecule has 0 atom stereocenters. The lowest BCUT2D eigenvalue weighted by Crippen LogP contribution is -2.25. The molecule has 0 spiro atoms. The normalized spacial score (nSPS) is 10.8. The van der Waals surface area contributed by atoms with Crippen LogP contribution < -0.4 is 5.32 Å². The number of nitrogens with zero attached hydrogens (tertiary/aromatic N) is 1. The average molecular weight is 249 g/mol. The number of nitrogens with one attached hydrogen (secondary N) is 1. The summed E-state index contributed by atoms with van der Waals surface area (Å²) in [5.74, 6) is -0.366. The fourth-order valence-corrected chi connectivity index (χ4v) is 1.42. The van der Waals surface area contributed by atoms with E-state index in [1.54, 1.807) is 24.3 Å². The van der Waals surface area contributed by atoms with Crippen LogP contribution in [-0.2, 0) is 4.79 Å². The van der Waals surface area contributed by atoms with Crippen LogP contribution in [0.1, 0.15) is 18.9 Å². The van der Waals surface area contributed by atoms with Gasteiger partial charge >= 0.3 is 0 Å². The zero-order valence-corrected chi connectivity index (χ0v) is 10.3. The highest BCUT2D eigenvalue weighted by molar-refractivity contribution is 6.32. The van der Waals surface area contributed by atoms with Crippen molar-refractivity contribution in [2.75, 3.05) is 6.54 Å². The molecular weight excluding hydrogens is 236 g/mol. The quantitative estimate of drug-likeness (QED) is 0.658. The van der Waals surface area contributed by atoms with Crippen LogP contribution in [0, 0.1) is 11.3 Å². The number of rotatable bonds is 4. The summed E-state index contributed by atoms with van der Waals surface area (Å²) >= 11 is 5.95. The van der Waals surface area contributed by atoms with Crippen LogP contribution in [0.25, 0.3) is 6.08 Å². The molecule has 0 fully saturated rings. The Balaban J connectivity index is 2.92. The van der Waals surface area contributed by atoms with Crippen molar-refractivity contribution in [1.82, 2.24) is 5.32 Å². The molecule has 0 saturated heterocycles. The van der Waals surface area contributed by atoms with E-state index in [0.717, 1.165) is 6.42 Å². The average Bonchev–Trinajstić information content (AvgIpc) is 2.35. The van der Waals surface area contributed by atoms with Gasteiger partial charge in [-0.3, -0.25) is 4.79 Å². The second kappa shape index (κ2) is 6.72. The molecule has 0 bridgehead atoms. The molecule has 1 rings (SSSR count). The lowest BCUT2D eigenvalue weighted by Gasteiger charge is -2.02. The molecule has 0 aromatic heterocycles. The second-order valence-electron chi connectivity index (χ2n) is 3.45. The van der Waals surface area contributed by atoms with Gasteiger partial charge < -0.3 is 5.32 Å². The maximum Gasteiger partial charge on any atom is 0.261 e. The van der Waals surface area contributed by atoms with E-state index >= 15 is 0 Å². The summed E-state index contributed by atoms with van der Waals surface area (Å²) in [5.41, 5.74) is 0.726. The van der Waals surface area contributed by atoms with E-state index in [2.05, 4.69) is 5.32 Å². The van der Waals surface area contributed by atoms with E-state index in [-0.39, 0.29) is 11.5 Å². The zero-order valence-electron chi connectivity index (χ0n) is 9.53. The van der Waals surface area contributed by atoms with Crippen molar-refractivity contribution in [2.24, 2.45) is 0 Å². The molecule has 1 N–H and O–H groups in total. The Hall–Kier alpha value is -1.79. The van der Waals surface area contributed by atoms with Gasteiger partial charge in [-0.05, 0) is 24.1 Å². The third-order valence-corrected chi connectivity index (χ3v) is 2.45. The van der Waals surface area contributed by atoms with Crippen LogP contribution in [0.4, 0.5) is 0 Å². The minimum Gasteiger partial charge on any atom is -0.351 e. The van der Waals surface area contributed by atoms with Gasteiger partial charge in [-0.25, -0.2) is 0 Å². The van der Waals surface area contributed by atoms with E-state index in [1.165, 1.54) is 6.08 Å². The molecule has 0 aliphatic heterocycles. The van der Waals surface area contributed by atoms with Gasteiger partial charge in [0.15, 0.2) is 0 Å². The summed E-state index contributed by atoms with van der Waals surface area (Å²) in [6.07, 6.45) is 2.32. The maximum absolute atomic E-state index is 11.6. The van der Waals surface area contributed by atoms with Crippen molar-refractivity contribution < 1.29 is 4.79 Å². The number of carbonyl (C=O) groups excluding carboxylic acids is 1. The van der Waals surface area contributed by atoms with Crippen LogP contribution in [0.2, 0.25) is 5.02 Å². The lowest BCUT2D eigenvalue weighted by molar-refractivity contribution is -0.117. The smallest absolute Gasteiger partial charge is 0.261 e. The van der Waals surface area contributed by atoms with Crippen molar-refractivity contribution in [3.63, 3.8) is 0 Å². The lowest BCUT2D eigenvalue weighted by atomic mass is 10.1. The van der Waals surface area contributed by atoms with Crippen molar-refractivity contribution in [2.45, 2.75) is 13.3 Å². The maximum atomic E-state index is 11.6.